The molecule has 1 fully saturated rings. The van der Waals surface area contributed by atoms with Crippen LogP contribution in [0.3, 0.4) is 0 Å². The Morgan fingerprint density at radius 2 is 1.89 bits per heavy atom. The van der Waals surface area contributed by atoms with Crippen molar-refractivity contribution in [2.24, 2.45) is 0 Å². The summed E-state index contributed by atoms with van der Waals surface area (Å²) in [6, 6.07) is 12.8. The van der Waals surface area contributed by atoms with Gasteiger partial charge in [-0.3, -0.25) is 4.79 Å². The lowest BCUT2D eigenvalue weighted by atomic mass is 10.0. The van der Waals surface area contributed by atoms with Crippen molar-refractivity contribution in [1.29, 1.82) is 0 Å². The van der Waals surface area contributed by atoms with Crippen LogP contribution in [0.1, 0.15) is 36.6 Å². The topological polar surface area (TPSA) is 71.6 Å². The summed E-state index contributed by atoms with van der Waals surface area (Å²) in [6.07, 6.45) is 0.619. The highest BCUT2D eigenvalue weighted by Crippen LogP contribution is 2.31. The van der Waals surface area contributed by atoms with E-state index in [-0.39, 0.29) is 24.0 Å². The highest BCUT2D eigenvalue weighted by molar-refractivity contribution is 6.31. The molecule has 3 N–H and O–H groups in total. The molecule has 0 aromatic heterocycles. The average Bonchev–Trinajstić information content (AvgIpc) is 3.17. The van der Waals surface area contributed by atoms with Crippen molar-refractivity contribution in [3.63, 3.8) is 0 Å². The minimum atomic E-state index is -0.339. The SMILES string of the molecule is COc1ccc(C(C)NC(=O)C2CC(c3ccccc3Cl)NN2)cc1OC. The minimum absolute atomic E-state index is 0.00848. The molecular formula is C20H24ClN3O3. The van der Waals surface area contributed by atoms with E-state index in [9.17, 15) is 4.79 Å². The molecule has 3 atom stereocenters. The molecule has 1 aliphatic rings. The molecule has 1 heterocycles. The normalized spacial score (nSPS) is 20.1. The number of nitrogens with one attached hydrogen (secondary N) is 3. The molecule has 3 rings (SSSR count). The maximum Gasteiger partial charge on any atom is 0.239 e. The first-order valence-electron chi connectivity index (χ1n) is 8.81. The number of hydrazine groups is 1. The Kier molecular flexibility index (Phi) is 6.21. The van der Waals surface area contributed by atoms with E-state index in [1.54, 1.807) is 14.2 Å². The maximum absolute atomic E-state index is 12.7. The molecule has 0 radical (unpaired) electrons. The first-order valence-corrected chi connectivity index (χ1v) is 9.19. The van der Waals surface area contributed by atoms with Gasteiger partial charge in [0.2, 0.25) is 5.91 Å². The van der Waals surface area contributed by atoms with E-state index in [4.69, 9.17) is 21.1 Å². The molecule has 0 spiro atoms. The monoisotopic (exact) mass is 389 g/mol. The smallest absolute Gasteiger partial charge is 0.239 e. The predicted octanol–water partition coefficient (Wildman–Crippen LogP) is 3.14. The Hall–Kier alpha value is -2.28. The number of carbonyl (C=O) groups excluding carboxylic acids is 1. The van der Waals surface area contributed by atoms with Crippen molar-refractivity contribution in [1.82, 2.24) is 16.2 Å². The number of ether oxygens (including phenoxy) is 2. The van der Waals surface area contributed by atoms with Crippen LogP contribution in [-0.4, -0.2) is 26.2 Å². The quantitative estimate of drug-likeness (QED) is 0.708. The van der Waals surface area contributed by atoms with Crippen molar-refractivity contribution in [2.75, 3.05) is 14.2 Å². The summed E-state index contributed by atoms with van der Waals surface area (Å²) in [5, 5.41) is 3.73. The summed E-state index contributed by atoms with van der Waals surface area (Å²) in [7, 11) is 3.19. The third-order valence-corrected chi connectivity index (χ3v) is 5.11. The number of methoxy groups -OCH3 is 2. The van der Waals surface area contributed by atoms with Gasteiger partial charge in [-0.15, -0.1) is 0 Å². The van der Waals surface area contributed by atoms with Crippen LogP contribution in [0.2, 0.25) is 5.02 Å². The maximum atomic E-state index is 12.7. The van der Waals surface area contributed by atoms with Crippen molar-refractivity contribution in [3.05, 3.63) is 58.6 Å². The zero-order valence-electron chi connectivity index (χ0n) is 15.6. The number of hydrogen-bond donors (Lipinski definition) is 3. The lowest BCUT2D eigenvalue weighted by Crippen LogP contribution is -2.43. The minimum Gasteiger partial charge on any atom is -0.493 e. The summed E-state index contributed by atoms with van der Waals surface area (Å²) < 4.78 is 10.6. The molecule has 6 nitrogen and oxygen atoms in total. The van der Waals surface area contributed by atoms with E-state index in [0.29, 0.717) is 22.9 Å². The summed E-state index contributed by atoms with van der Waals surface area (Å²) in [6.45, 7) is 1.94. The van der Waals surface area contributed by atoms with Gasteiger partial charge >= 0.3 is 0 Å². The van der Waals surface area contributed by atoms with Crippen molar-refractivity contribution >= 4 is 17.5 Å². The molecule has 2 aromatic rings. The third kappa shape index (κ3) is 4.35. The summed E-state index contributed by atoms with van der Waals surface area (Å²) in [5.41, 5.74) is 8.14. The van der Waals surface area contributed by atoms with Gasteiger partial charge in [0.25, 0.3) is 0 Å². The van der Waals surface area contributed by atoms with Crippen LogP contribution in [0.4, 0.5) is 0 Å². The molecule has 2 aromatic carbocycles. The molecule has 0 saturated carbocycles. The molecule has 1 saturated heterocycles. The molecule has 0 aliphatic carbocycles. The molecule has 3 unspecified atom stereocenters. The van der Waals surface area contributed by atoms with Crippen LogP contribution in [0.25, 0.3) is 0 Å². The molecule has 1 aliphatic heterocycles. The van der Waals surface area contributed by atoms with Crippen molar-refractivity contribution in [3.8, 4) is 11.5 Å². The fraction of sp³-hybridized carbons (Fsp3) is 0.350. The van der Waals surface area contributed by atoms with E-state index in [2.05, 4.69) is 16.2 Å². The van der Waals surface area contributed by atoms with Gasteiger partial charge in [-0.05, 0) is 42.7 Å². The van der Waals surface area contributed by atoms with E-state index in [0.717, 1.165) is 11.1 Å². The van der Waals surface area contributed by atoms with Gasteiger partial charge in [0.15, 0.2) is 11.5 Å². The fourth-order valence-electron chi connectivity index (χ4n) is 3.21. The second-order valence-corrected chi connectivity index (χ2v) is 6.90. The number of amides is 1. The molecular weight excluding hydrogens is 366 g/mol. The number of benzene rings is 2. The Morgan fingerprint density at radius 3 is 2.59 bits per heavy atom. The zero-order chi connectivity index (χ0) is 19.4. The van der Waals surface area contributed by atoms with Gasteiger partial charge in [0.1, 0.15) is 6.04 Å². The molecule has 7 heteroatoms. The predicted molar refractivity (Wildman–Crippen MR) is 105 cm³/mol. The lowest BCUT2D eigenvalue weighted by Gasteiger charge is -2.18. The third-order valence-electron chi connectivity index (χ3n) is 4.77. The van der Waals surface area contributed by atoms with Gasteiger partial charge in [-0.25, -0.2) is 10.9 Å². The second-order valence-electron chi connectivity index (χ2n) is 6.50. The van der Waals surface area contributed by atoms with E-state index in [1.807, 2.05) is 49.4 Å². The number of rotatable bonds is 6. The Labute approximate surface area is 164 Å². The second kappa shape index (κ2) is 8.61. The lowest BCUT2D eigenvalue weighted by molar-refractivity contribution is -0.123. The first-order chi connectivity index (χ1) is 13.0. The molecule has 1 amide bonds. The van der Waals surface area contributed by atoms with Gasteiger partial charge in [-0.1, -0.05) is 35.9 Å². The van der Waals surface area contributed by atoms with Gasteiger partial charge in [-0.2, -0.15) is 0 Å². The summed E-state index contributed by atoms with van der Waals surface area (Å²) >= 11 is 6.26. The first kappa shape index (κ1) is 19.5. The zero-order valence-corrected chi connectivity index (χ0v) is 16.3. The number of hydrogen-bond acceptors (Lipinski definition) is 5. The van der Waals surface area contributed by atoms with Gasteiger partial charge < -0.3 is 14.8 Å². The molecule has 27 heavy (non-hydrogen) atoms. The van der Waals surface area contributed by atoms with Gasteiger partial charge in [0.05, 0.1) is 20.3 Å². The van der Waals surface area contributed by atoms with Crippen LogP contribution >= 0.6 is 11.6 Å². The van der Waals surface area contributed by atoms with E-state index < -0.39 is 0 Å². The van der Waals surface area contributed by atoms with Crippen LogP contribution < -0.4 is 25.6 Å². The van der Waals surface area contributed by atoms with Crippen LogP contribution in [0, 0.1) is 0 Å². The van der Waals surface area contributed by atoms with E-state index >= 15 is 0 Å². The number of carbonyl (C=O) groups is 1. The van der Waals surface area contributed by atoms with Crippen molar-refractivity contribution < 1.29 is 14.3 Å². The summed E-state index contributed by atoms with van der Waals surface area (Å²) in [4.78, 5) is 12.7. The molecule has 0 bridgehead atoms. The van der Waals surface area contributed by atoms with Crippen molar-refractivity contribution in [2.45, 2.75) is 31.5 Å². The highest BCUT2D eigenvalue weighted by Gasteiger charge is 2.31. The summed E-state index contributed by atoms with van der Waals surface area (Å²) in [5.74, 6) is 1.22. The Balaban J connectivity index is 1.63. The van der Waals surface area contributed by atoms with Crippen LogP contribution in [0.5, 0.6) is 11.5 Å². The van der Waals surface area contributed by atoms with Gasteiger partial charge in [0, 0.05) is 11.1 Å². The van der Waals surface area contributed by atoms with Crippen LogP contribution in [-0.2, 0) is 4.79 Å². The molecule has 144 valence electrons. The largest absolute Gasteiger partial charge is 0.493 e. The number of halogens is 1. The Morgan fingerprint density at radius 1 is 1.15 bits per heavy atom. The van der Waals surface area contributed by atoms with Crippen LogP contribution in [0.15, 0.2) is 42.5 Å². The standard InChI is InChI=1S/C20H24ClN3O3/c1-12(13-8-9-18(26-2)19(10-13)27-3)22-20(25)17-11-16(23-24-17)14-6-4-5-7-15(14)21/h4-10,12,16-17,23-24H,11H2,1-3H3,(H,22,25). The fourth-order valence-corrected chi connectivity index (χ4v) is 3.48. The highest BCUT2D eigenvalue weighted by atomic mass is 35.5. The Bertz CT molecular complexity index is 815. The van der Waals surface area contributed by atoms with E-state index in [1.165, 1.54) is 0 Å². The average molecular weight is 390 g/mol.